The van der Waals surface area contributed by atoms with Crippen molar-refractivity contribution in [1.82, 2.24) is 14.6 Å². The van der Waals surface area contributed by atoms with Gasteiger partial charge in [-0.25, -0.2) is 13.1 Å². The number of nitrogens with zero attached hydrogens (tertiary/aromatic N) is 2. The zero-order chi connectivity index (χ0) is 33.3. The summed E-state index contributed by atoms with van der Waals surface area (Å²) in [5.74, 6) is -0.105. The van der Waals surface area contributed by atoms with Gasteiger partial charge in [-0.3, -0.25) is 4.98 Å². The van der Waals surface area contributed by atoms with Crippen LogP contribution in [0.1, 0.15) is 51.8 Å². The minimum absolute atomic E-state index is 0.0306. The lowest BCUT2D eigenvalue weighted by Gasteiger charge is -2.44. The lowest BCUT2D eigenvalue weighted by atomic mass is 9.83. The van der Waals surface area contributed by atoms with Gasteiger partial charge in [-0.05, 0) is 53.6 Å². The second kappa shape index (κ2) is 15.8. The summed E-state index contributed by atoms with van der Waals surface area (Å²) in [6.45, 7) is 1.60. The third kappa shape index (κ3) is 8.43. The number of aliphatic hydroxyl groups excluding tert-OH is 1. The molecule has 5 aromatic rings. The van der Waals surface area contributed by atoms with E-state index >= 15 is 0 Å². The highest BCUT2D eigenvalue weighted by molar-refractivity contribution is 7.89. The van der Waals surface area contributed by atoms with E-state index in [4.69, 9.17) is 9.47 Å². The first-order chi connectivity index (χ1) is 23.4. The highest BCUT2D eigenvalue weighted by atomic mass is 32.2. The number of ether oxygens (including phenoxy) is 2. The Morgan fingerprint density at radius 2 is 1.40 bits per heavy atom. The number of aliphatic hydroxyl groups is 1. The van der Waals surface area contributed by atoms with Gasteiger partial charge < -0.3 is 19.5 Å². The summed E-state index contributed by atoms with van der Waals surface area (Å²) in [5, 5.41) is 9.70. The number of rotatable bonds is 13. The summed E-state index contributed by atoms with van der Waals surface area (Å²) in [7, 11) is -1.52. The van der Waals surface area contributed by atoms with Crippen LogP contribution in [0.2, 0.25) is 0 Å². The normalized spacial score (nSPS) is 19.7. The van der Waals surface area contributed by atoms with E-state index in [1.54, 1.807) is 30.3 Å². The maximum absolute atomic E-state index is 12.8. The van der Waals surface area contributed by atoms with E-state index in [2.05, 4.69) is 33.8 Å². The third-order valence-corrected chi connectivity index (χ3v) is 10.1. The molecule has 8 nitrogen and oxygen atoms in total. The molecule has 6 rings (SSSR count). The van der Waals surface area contributed by atoms with Gasteiger partial charge in [0.2, 0.25) is 10.0 Å². The van der Waals surface area contributed by atoms with Crippen molar-refractivity contribution in [3.05, 3.63) is 167 Å². The van der Waals surface area contributed by atoms with Crippen LogP contribution in [0.15, 0.2) is 138 Å². The summed E-state index contributed by atoms with van der Waals surface area (Å²) in [5.41, 5.74) is 5.66. The molecule has 0 radical (unpaired) electrons. The van der Waals surface area contributed by atoms with Crippen LogP contribution in [0.3, 0.4) is 0 Å². The van der Waals surface area contributed by atoms with Gasteiger partial charge >= 0.3 is 0 Å². The lowest BCUT2D eigenvalue weighted by Crippen LogP contribution is -2.43. The van der Waals surface area contributed by atoms with Gasteiger partial charge in [-0.2, -0.15) is 0 Å². The van der Waals surface area contributed by atoms with Crippen molar-refractivity contribution in [2.45, 2.75) is 48.9 Å². The minimum atomic E-state index is -3.63. The summed E-state index contributed by atoms with van der Waals surface area (Å²) < 4.78 is 41.9. The molecule has 1 aliphatic rings. The van der Waals surface area contributed by atoms with Crippen LogP contribution < -0.4 is 4.72 Å². The van der Waals surface area contributed by atoms with E-state index in [1.807, 2.05) is 91.1 Å². The summed E-state index contributed by atoms with van der Waals surface area (Å²) in [6.07, 6.45) is 1.44. The Morgan fingerprint density at radius 1 is 0.750 bits per heavy atom. The fourth-order valence-electron chi connectivity index (χ4n) is 6.07. The predicted molar refractivity (Wildman–Crippen MR) is 185 cm³/mol. The van der Waals surface area contributed by atoms with Crippen molar-refractivity contribution in [3.63, 3.8) is 0 Å². The Hall–Kier alpha value is -4.22. The van der Waals surface area contributed by atoms with Crippen LogP contribution in [-0.2, 0) is 39.1 Å². The zero-order valence-electron chi connectivity index (χ0n) is 26.9. The molecular weight excluding hydrogens is 623 g/mol. The molecule has 0 amide bonds. The van der Waals surface area contributed by atoms with Crippen molar-refractivity contribution in [1.29, 1.82) is 0 Å². The van der Waals surface area contributed by atoms with Gasteiger partial charge in [-0.15, -0.1) is 0 Å². The first-order valence-corrected chi connectivity index (χ1v) is 17.7. The molecule has 0 spiro atoms. The molecule has 2 N–H and O–H groups in total. The third-order valence-electron chi connectivity index (χ3n) is 8.71. The maximum Gasteiger partial charge on any atom is 0.240 e. The largest absolute Gasteiger partial charge is 0.392 e. The van der Waals surface area contributed by atoms with E-state index in [9.17, 15) is 13.5 Å². The molecule has 1 fully saturated rings. The Labute approximate surface area is 283 Å². The van der Waals surface area contributed by atoms with E-state index in [-0.39, 0.29) is 36.2 Å². The number of pyridine rings is 1. The fourth-order valence-corrected chi connectivity index (χ4v) is 7.11. The van der Waals surface area contributed by atoms with Crippen LogP contribution in [0.25, 0.3) is 0 Å². The molecule has 4 unspecified atom stereocenters. The first-order valence-electron chi connectivity index (χ1n) is 16.2. The minimum Gasteiger partial charge on any atom is -0.392 e. The Morgan fingerprint density at radius 3 is 2.06 bits per heavy atom. The number of sulfonamides is 1. The van der Waals surface area contributed by atoms with E-state index in [1.165, 1.54) is 0 Å². The molecule has 0 aliphatic carbocycles. The standard InChI is InChI=1S/C39H41N3O5S/c1-42(25-23-34-12-8-9-24-40-34)27-36-37(31-10-4-2-5-11-31)38(32-19-17-30(28-43)18-20-32)47-39(46-36)33-21-15-29(16-22-33)26-41-48(44,45)35-13-6-3-7-14-35/h2-22,24,36-39,41,43H,23,25-28H2,1H3. The average Bonchev–Trinajstić information content (AvgIpc) is 3.14. The predicted octanol–water partition coefficient (Wildman–Crippen LogP) is 6.17. The molecule has 2 heterocycles. The summed E-state index contributed by atoms with van der Waals surface area (Å²) >= 11 is 0. The number of likely N-dealkylation sites (N-methyl/N-ethyl adjacent to an activating group) is 1. The molecule has 9 heteroatoms. The molecular formula is C39H41N3O5S. The molecule has 1 aliphatic heterocycles. The molecule has 48 heavy (non-hydrogen) atoms. The van der Waals surface area contributed by atoms with Gasteiger partial charge in [0.1, 0.15) is 0 Å². The van der Waals surface area contributed by atoms with Crippen molar-refractivity contribution in [2.75, 3.05) is 20.1 Å². The average molecular weight is 664 g/mol. The van der Waals surface area contributed by atoms with Crippen molar-refractivity contribution >= 4 is 10.0 Å². The first kappa shape index (κ1) is 33.7. The Balaban J connectivity index is 1.26. The summed E-state index contributed by atoms with van der Waals surface area (Å²) in [4.78, 5) is 7.01. The zero-order valence-corrected chi connectivity index (χ0v) is 27.7. The maximum atomic E-state index is 12.8. The van der Waals surface area contributed by atoms with E-state index in [0.717, 1.165) is 46.5 Å². The van der Waals surface area contributed by atoms with E-state index < -0.39 is 16.3 Å². The fraction of sp³-hybridized carbons (Fsp3) is 0.256. The second-order valence-corrected chi connectivity index (χ2v) is 13.9. The molecule has 4 aromatic carbocycles. The molecule has 4 atom stereocenters. The lowest BCUT2D eigenvalue weighted by molar-refractivity contribution is -0.263. The molecule has 1 saturated heterocycles. The van der Waals surface area contributed by atoms with Crippen LogP contribution >= 0.6 is 0 Å². The molecule has 1 aromatic heterocycles. The summed E-state index contributed by atoms with van der Waals surface area (Å²) in [6, 6.07) is 40.3. The number of hydrogen-bond donors (Lipinski definition) is 2. The van der Waals surface area contributed by atoms with Crippen LogP contribution in [0.4, 0.5) is 0 Å². The van der Waals surface area contributed by atoms with Gasteiger partial charge in [0.15, 0.2) is 6.29 Å². The van der Waals surface area contributed by atoms with Gasteiger partial charge in [0, 0.05) is 49.4 Å². The SMILES string of the molecule is CN(CCc1ccccn1)CC1OC(c2ccc(CNS(=O)(=O)c3ccccc3)cc2)OC(c2ccc(CO)cc2)C1c1ccccc1. The van der Waals surface area contributed by atoms with Crippen LogP contribution in [0.5, 0.6) is 0 Å². The Kier molecular flexibility index (Phi) is 11.1. The van der Waals surface area contributed by atoms with Gasteiger partial charge in [-0.1, -0.05) is 103 Å². The monoisotopic (exact) mass is 663 g/mol. The quantitative estimate of drug-likeness (QED) is 0.156. The van der Waals surface area contributed by atoms with Crippen LogP contribution in [0, 0.1) is 0 Å². The Bertz CT molecular complexity index is 1820. The number of nitrogens with one attached hydrogen (secondary N) is 1. The van der Waals surface area contributed by atoms with Crippen molar-refractivity contribution in [2.24, 2.45) is 0 Å². The number of hydrogen-bond acceptors (Lipinski definition) is 7. The number of benzene rings is 4. The second-order valence-electron chi connectivity index (χ2n) is 12.1. The highest BCUT2D eigenvalue weighted by Gasteiger charge is 2.42. The molecule has 0 saturated carbocycles. The van der Waals surface area contributed by atoms with Crippen molar-refractivity contribution in [3.8, 4) is 0 Å². The van der Waals surface area contributed by atoms with E-state index in [0.29, 0.717) is 6.54 Å². The topological polar surface area (TPSA) is 101 Å². The molecule has 248 valence electrons. The van der Waals surface area contributed by atoms with Crippen molar-refractivity contribution < 1.29 is 23.0 Å². The number of aromatic nitrogens is 1. The van der Waals surface area contributed by atoms with Gasteiger partial charge in [0.05, 0.1) is 23.7 Å². The smallest absolute Gasteiger partial charge is 0.240 e. The molecule has 0 bridgehead atoms. The van der Waals surface area contributed by atoms with Crippen LogP contribution in [-0.4, -0.2) is 49.6 Å². The van der Waals surface area contributed by atoms with Gasteiger partial charge in [0.25, 0.3) is 0 Å². The highest BCUT2D eigenvalue weighted by Crippen LogP contribution is 2.47.